The summed E-state index contributed by atoms with van der Waals surface area (Å²) in [5, 5.41) is 7.50. The zero-order valence-corrected chi connectivity index (χ0v) is 16.4. The monoisotopic (exact) mass is 377 g/mol. The molecule has 28 heavy (non-hydrogen) atoms. The maximum atomic E-state index is 12.7. The fourth-order valence-corrected chi connectivity index (χ4v) is 3.14. The minimum absolute atomic E-state index is 0.0554. The quantitative estimate of drug-likeness (QED) is 0.662. The summed E-state index contributed by atoms with van der Waals surface area (Å²) < 4.78 is 7.14. The summed E-state index contributed by atoms with van der Waals surface area (Å²) in [5.41, 5.74) is 4.42. The molecule has 0 aliphatic rings. The molecule has 0 aliphatic heterocycles. The number of carbonyl (C=O) groups is 2. The SMILES string of the molecule is COc1ccc(C(C)=O)cc1CC(=O)Nc1c(C)nn(-c2ccccc2)c1C. The minimum atomic E-state index is -0.196. The molecule has 1 amide bonds. The van der Waals surface area contributed by atoms with Crippen molar-refractivity contribution in [2.24, 2.45) is 0 Å². The number of benzene rings is 2. The molecule has 0 saturated heterocycles. The summed E-state index contributed by atoms with van der Waals surface area (Å²) in [4.78, 5) is 24.3. The molecule has 0 radical (unpaired) electrons. The van der Waals surface area contributed by atoms with Crippen molar-refractivity contribution < 1.29 is 14.3 Å². The standard InChI is InChI=1S/C22H23N3O3/c1-14-22(15(2)25(24-14)19-8-6-5-7-9-19)23-21(27)13-18-12-17(16(3)26)10-11-20(18)28-4/h5-12H,13H2,1-4H3,(H,23,27). The van der Waals surface area contributed by atoms with Crippen molar-refractivity contribution in [3.63, 3.8) is 0 Å². The van der Waals surface area contributed by atoms with Crippen molar-refractivity contribution >= 4 is 17.4 Å². The van der Waals surface area contributed by atoms with Crippen molar-refractivity contribution in [2.75, 3.05) is 12.4 Å². The number of para-hydroxylation sites is 1. The van der Waals surface area contributed by atoms with E-state index in [1.165, 1.54) is 6.92 Å². The van der Waals surface area contributed by atoms with Crippen LogP contribution in [0, 0.1) is 13.8 Å². The largest absolute Gasteiger partial charge is 0.496 e. The Morgan fingerprint density at radius 1 is 1.11 bits per heavy atom. The number of aromatic nitrogens is 2. The normalized spacial score (nSPS) is 10.6. The van der Waals surface area contributed by atoms with Crippen molar-refractivity contribution in [1.82, 2.24) is 9.78 Å². The molecule has 0 bridgehead atoms. The van der Waals surface area contributed by atoms with Gasteiger partial charge in [-0.3, -0.25) is 9.59 Å². The van der Waals surface area contributed by atoms with Crippen LogP contribution in [0.1, 0.15) is 34.2 Å². The highest BCUT2D eigenvalue weighted by molar-refractivity contribution is 5.96. The van der Waals surface area contributed by atoms with E-state index in [4.69, 9.17) is 4.74 Å². The van der Waals surface area contributed by atoms with Crippen LogP contribution in [0.4, 0.5) is 5.69 Å². The van der Waals surface area contributed by atoms with Gasteiger partial charge in [0, 0.05) is 11.1 Å². The van der Waals surface area contributed by atoms with Crippen LogP contribution in [0.25, 0.3) is 5.69 Å². The Labute approximate surface area is 164 Å². The number of hydrogen-bond donors (Lipinski definition) is 1. The fraction of sp³-hybridized carbons (Fsp3) is 0.227. The van der Waals surface area contributed by atoms with Gasteiger partial charge in [-0.05, 0) is 51.1 Å². The number of ether oxygens (including phenoxy) is 1. The molecule has 1 heterocycles. The number of nitrogens with zero attached hydrogens (tertiary/aromatic N) is 2. The first-order valence-corrected chi connectivity index (χ1v) is 9.00. The zero-order chi connectivity index (χ0) is 20.3. The van der Waals surface area contributed by atoms with Crippen LogP contribution in [0.15, 0.2) is 48.5 Å². The predicted molar refractivity (Wildman–Crippen MR) is 108 cm³/mol. The maximum absolute atomic E-state index is 12.7. The van der Waals surface area contributed by atoms with Crippen LogP contribution in [-0.2, 0) is 11.2 Å². The molecular weight excluding hydrogens is 354 g/mol. The summed E-state index contributed by atoms with van der Waals surface area (Å²) in [6.45, 7) is 5.27. The van der Waals surface area contributed by atoms with Gasteiger partial charge in [0.05, 0.1) is 36.3 Å². The second-order valence-corrected chi connectivity index (χ2v) is 6.60. The van der Waals surface area contributed by atoms with Crippen LogP contribution in [-0.4, -0.2) is 28.6 Å². The van der Waals surface area contributed by atoms with E-state index < -0.39 is 0 Å². The Hall–Kier alpha value is -3.41. The van der Waals surface area contributed by atoms with Gasteiger partial charge in [0.1, 0.15) is 5.75 Å². The second-order valence-electron chi connectivity index (χ2n) is 6.60. The molecular formula is C22H23N3O3. The van der Waals surface area contributed by atoms with Crippen LogP contribution in [0.2, 0.25) is 0 Å². The molecule has 0 unspecified atom stereocenters. The first kappa shape index (κ1) is 19.4. The summed E-state index contributed by atoms with van der Waals surface area (Å²) in [6, 6.07) is 14.9. The van der Waals surface area contributed by atoms with E-state index >= 15 is 0 Å². The minimum Gasteiger partial charge on any atom is -0.496 e. The van der Waals surface area contributed by atoms with Crippen molar-refractivity contribution in [3.05, 3.63) is 71.0 Å². The molecule has 144 valence electrons. The molecule has 3 aromatic rings. The second kappa shape index (κ2) is 8.08. The number of amides is 1. The predicted octanol–water partition coefficient (Wildman–Crippen LogP) is 3.88. The Kier molecular flexibility index (Phi) is 5.59. The maximum Gasteiger partial charge on any atom is 0.229 e. The highest BCUT2D eigenvalue weighted by Crippen LogP contribution is 2.25. The molecule has 3 rings (SSSR count). The van der Waals surface area contributed by atoms with E-state index in [0.717, 1.165) is 17.1 Å². The summed E-state index contributed by atoms with van der Waals surface area (Å²) in [5.74, 6) is 0.325. The highest BCUT2D eigenvalue weighted by Gasteiger charge is 2.17. The Balaban J connectivity index is 1.84. The number of carbonyl (C=O) groups excluding carboxylic acids is 2. The van der Waals surface area contributed by atoms with E-state index in [0.29, 0.717) is 22.6 Å². The van der Waals surface area contributed by atoms with Gasteiger partial charge >= 0.3 is 0 Å². The van der Waals surface area contributed by atoms with Gasteiger partial charge in [0.15, 0.2) is 5.78 Å². The van der Waals surface area contributed by atoms with Gasteiger partial charge in [-0.2, -0.15) is 5.10 Å². The zero-order valence-electron chi connectivity index (χ0n) is 16.4. The third-order valence-corrected chi connectivity index (χ3v) is 4.59. The van der Waals surface area contributed by atoms with Crippen molar-refractivity contribution in [1.29, 1.82) is 0 Å². The topological polar surface area (TPSA) is 73.2 Å². The Morgan fingerprint density at radius 3 is 2.46 bits per heavy atom. The molecule has 0 saturated carbocycles. The van der Waals surface area contributed by atoms with E-state index in [1.807, 2.05) is 48.9 Å². The number of aryl methyl sites for hydroxylation is 1. The van der Waals surface area contributed by atoms with Gasteiger partial charge in [0.2, 0.25) is 5.91 Å². The van der Waals surface area contributed by atoms with E-state index in [2.05, 4.69) is 10.4 Å². The van der Waals surface area contributed by atoms with Gasteiger partial charge in [-0.15, -0.1) is 0 Å². The van der Waals surface area contributed by atoms with Crippen LogP contribution in [0.3, 0.4) is 0 Å². The summed E-state index contributed by atoms with van der Waals surface area (Å²) in [7, 11) is 1.54. The third-order valence-electron chi connectivity index (χ3n) is 4.59. The molecule has 1 N–H and O–H groups in total. The molecule has 6 nitrogen and oxygen atoms in total. The number of anilines is 1. The van der Waals surface area contributed by atoms with Gasteiger partial charge < -0.3 is 10.1 Å². The summed E-state index contributed by atoms with van der Waals surface area (Å²) >= 11 is 0. The van der Waals surface area contributed by atoms with E-state index in [-0.39, 0.29) is 18.1 Å². The lowest BCUT2D eigenvalue weighted by molar-refractivity contribution is -0.115. The fourth-order valence-electron chi connectivity index (χ4n) is 3.14. The summed E-state index contributed by atoms with van der Waals surface area (Å²) in [6.07, 6.45) is 0.0969. The highest BCUT2D eigenvalue weighted by atomic mass is 16.5. The number of hydrogen-bond acceptors (Lipinski definition) is 4. The molecule has 1 aromatic heterocycles. The smallest absolute Gasteiger partial charge is 0.229 e. The average Bonchev–Trinajstić information content (AvgIpc) is 2.96. The van der Waals surface area contributed by atoms with Crippen LogP contribution < -0.4 is 10.1 Å². The molecule has 0 spiro atoms. The van der Waals surface area contributed by atoms with Crippen molar-refractivity contribution in [2.45, 2.75) is 27.2 Å². The molecule has 6 heteroatoms. The van der Waals surface area contributed by atoms with Gasteiger partial charge in [-0.25, -0.2) is 4.68 Å². The Bertz CT molecular complexity index is 1020. The van der Waals surface area contributed by atoms with Gasteiger partial charge in [0.25, 0.3) is 0 Å². The number of Topliss-reactive ketones (excluding diaryl/α,β-unsaturated/α-hetero) is 1. The Morgan fingerprint density at radius 2 is 1.82 bits per heavy atom. The third kappa shape index (κ3) is 3.96. The lowest BCUT2D eigenvalue weighted by atomic mass is 10.0. The number of methoxy groups -OCH3 is 1. The van der Waals surface area contributed by atoms with Crippen LogP contribution in [0.5, 0.6) is 5.75 Å². The van der Waals surface area contributed by atoms with Crippen LogP contribution >= 0.6 is 0 Å². The van der Waals surface area contributed by atoms with Crippen molar-refractivity contribution in [3.8, 4) is 11.4 Å². The van der Waals surface area contributed by atoms with E-state index in [9.17, 15) is 9.59 Å². The average molecular weight is 377 g/mol. The molecule has 2 aromatic carbocycles. The number of ketones is 1. The molecule has 0 atom stereocenters. The molecule has 0 aliphatic carbocycles. The number of rotatable bonds is 6. The lowest BCUT2D eigenvalue weighted by Crippen LogP contribution is -2.16. The molecule has 0 fully saturated rings. The van der Waals surface area contributed by atoms with E-state index in [1.54, 1.807) is 25.3 Å². The first-order valence-electron chi connectivity index (χ1n) is 9.00. The lowest BCUT2D eigenvalue weighted by Gasteiger charge is -2.11. The first-order chi connectivity index (χ1) is 13.4. The van der Waals surface area contributed by atoms with Gasteiger partial charge in [-0.1, -0.05) is 18.2 Å². The number of nitrogens with one attached hydrogen (secondary N) is 1.